The highest BCUT2D eigenvalue weighted by atomic mass is 32.2. The molecule has 3 rings (SSSR count). The van der Waals surface area contributed by atoms with Gasteiger partial charge < -0.3 is 9.13 Å². The van der Waals surface area contributed by atoms with Crippen LogP contribution in [0.2, 0.25) is 0 Å². The minimum Gasteiger partial charge on any atom is -0.327 e. The van der Waals surface area contributed by atoms with Crippen molar-refractivity contribution in [3.63, 3.8) is 0 Å². The van der Waals surface area contributed by atoms with Crippen molar-refractivity contribution in [1.29, 1.82) is 0 Å². The second-order valence-corrected chi connectivity index (χ2v) is 6.67. The zero-order valence-electron chi connectivity index (χ0n) is 13.7. The predicted molar refractivity (Wildman–Crippen MR) is 90.0 cm³/mol. The lowest BCUT2D eigenvalue weighted by molar-refractivity contribution is 0.637. The van der Waals surface area contributed by atoms with Gasteiger partial charge in [-0.1, -0.05) is 31.7 Å². The molecule has 2 aromatic heterocycles. The lowest BCUT2D eigenvalue weighted by atomic mass is 10.2. The molecule has 2 heterocycles. The van der Waals surface area contributed by atoms with Crippen LogP contribution in [0.25, 0.3) is 11.0 Å². The van der Waals surface area contributed by atoms with Crippen LogP contribution in [-0.2, 0) is 19.3 Å². The van der Waals surface area contributed by atoms with Gasteiger partial charge in [-0.05, 0) is 19.1 Å². The van der Waals surface area contributed by atoms with E-state index in [2.05, 4.69) is 29.0 Å². The van der Waals surface area contributed by atoms with E-state index in [0.717, 1.165) is 28.9 Å². The second-order valence-electron chi connectivity index (χ2n) is 5.72. The number of imidazole rings is 1. The molecule has 0 atom stereocenters. The van der Waals surface area contributed by atoms with Crippen molar-refractivity contribution < 1.29 is 4.39 Å². The van der Waals surface area contributed by atoms with Crippen LogP contribution in [0.15, 0.2) is 23.4 Å². The van der Waals surface area contributed by atoms with Crippen molar-refractivity contribution in [2.45, 2.75) is 44.1 Å². The number of rotatable bonds is 5. The Hall–Kier alpha value is -1.89. The molecular formula is C16H20FN5S. The van der Waals surface area contributed by atoms with Crippen molar-refractivity contribution in [3.8, 4) is 0 Å². The highest BCUT2D eigenvalue weighted by Crippen LogP contribution is 2.26. The molecule has 7 heteroatoms. The summed E-state index contributed by atoms with van der Waals surface area (Å²) in [4.78, 5) is 4.48. The van der Waals surface area contributed by atoms with Gasteiger partial charge in [0.2, 0.25) is 0 Å². The van der Waals surface area contributed by atoms with Crippen LogP contribution in [-0.4, -0.2) is 24.3 Å². The zero-order chi connectivity index (χ0) is 16.6. The SMILES string of the molecule is CCn1c(CSc2nnc(C(C)C)n2C)nc2c(F)cccc21. The first-order chi connectivity index (χ1) is 11.0. The van der Waals surface area contributed by atoms with Crippen LogP contribution in [0.3, 0.4) is 0 Å². The first-order valence-corrected chi connectivity index (χ1v) is 8.67. The number of thioether (sulfide) groups is 1. The highest BCUT2D eigenvalue weighted by molar-refractivity contribution is 7.98. The van der Waals surface area contributed by atoms with Gasteiger partial charge in [-0.2, -0.15) is 0 Å². The summed E-state index contributed by atoms with van der Waals surface area (Å²) in [5, 5.41) is 9.33. The molecule has 0 saturated carbocycles. The van der Waals surface area contributed by atoms with E-state index in [0.29, 0.717) is 17.2 Å². The molecule has 23 heavy (non-hydrogen) atoms. The molecule has 0 unspecified atom stereocenters. The Morgan fingerprint density at radius 2 is 2.04 bits per heavy atom. The number of aromatic nitrogens is 5. The molecule has 0 N–H and O–H groups in total. The van der Waals surface area contributed by atoms with Gasteiger partial charge in [0, 0.05) is 19.5 Å². The molecule has 0 aliphatic rings. The van der Waals surface area contributed by atoms with E-state index in [1.807, 2.05) is 29.2 Å². The van der Waals surface area contributed by atoms with Crippen LogP contribution in [0, 0.1) is 5.82 Å². The predicted octanol–water partition coefficient (Wildman–Crippen LogP) is 3.74. The minimum atomic E-state index is -0.276. The molecule has 3 aromatic rings. The molecule has 5 nitrogen and oxygen atoms in total. The van der Waals surface area contributed by atoms with Gasteiger partial charge in [0.25, 0.3) is 0 Å². The maximum atomic E-state index is 13.9. The number of halogens is 1. The lowest BCUT2D eigenvalue weighted by Gasteiger charge is -2.07. The third-order valence-electron chi connectivity index (χ3n) is 3.84. The van der Waals surface area contributed by atoms with Crippen molar-refractivity contribution in [3.05, 3.63) is 35.7 Å². The van der Waals surface area contributed by atoms with Crippen LogP contribution in [0.4, 0.5) is 4.39 Å². The average Bonchev–Trinajstić information content (AvgIpc) is 3.06. The van der Waals surface area contributed by atoms with E-state index in [1.165, 1.54) is 6.07 Å². The molecule has 0 bridgehead atoms. The van der Waals surface area contributed by atoms with E-state index in [-0.39, 0.29) is 5.82 Å². The molecule has 0 spiro atoms. The van der Waals surface area contributed by atoms with Gasteiger partial charge in [-0.15, -0.1) is 10.2 Å². The molecular weight excluding hydrogens is 313 g/mol. The fraction of sp³-hybridized carbons (Fsp3) is 0.438. The Labute approximate surface area is 138 Å². The molecule has 0 fully saturated rings. The standard InChI is InChI=1S/C16H20FN5S/c1-5-22-12-8-6-7-11(17)14(12)18-13(22)9-23-16-20-19-15(10(2)3)21(16)4/h6-8,10H,5,9H2,1-4H3. The fourth-order valence-electron chi connectivity index (χ4n) is 2.71. The monoisotopic (exact) mass is 333 g/mol. The van der Waals surface area contributed by atoms with E-state index < -0.39 is 0 Å². The summed E-state index contributed by atoms with van der Waals surface area (Å²) < 4.78 is 18.0. The number of aryl methyl sites for hydroxylation is 1. The van der Waals surface area contributed by atoms with E-state index in [1.54, 1.807) is 17.8 Å². The largest absolute Gasteiger partial charge is 0.327 e. The minimum absolute atomic E-state index is 0.276. The summed E-state index contributed by atoms with van der Waals surface area (Å²) in [5.41, 5.74) is 1.27. The van der Waals surface area contributed by atoms with E-state index in [9.17, 15) is 4.39 Å². The summed E-state index contributed by atoms with van der Waals surface area (Å²) >= 11 is 1.57. The number of nitrogens with zero attached hydrogens (tertiary/aromatic N) is 5. The molecule has 0 saturated heterocycles. The first kappa shape index (κ1) is 16.0. The fourth-order valence-corrected chi connectivity index (χ4v) is 3.57. The Balaban J connectivity index is 1.89. The first-order valence-electron chi connectivity index (χ1n) is 7.68. The summed E-state index contributed by atoms with van der Waals surface area (Å²) in [6.45, 7) is 6.99. The van der Waals surface area contributed by atoms with Crippen LogP contribution in [0.1, 0.15) is 38.3 Å². The Bertz CT molecular complexity index is 836. The Morgan fingerprint density at radius 3 is 2.70 bits per heavy atom. The van der Waals surface area contributed by atoms with Crippen LogP contribution in [0.5, 0.6) is 0 Å². The van der Waals surface area contributed by atoms with Gasteiger partial charge in [-0.3, -0.25) is 0 Å². The number of hydrogen-bond acceptors (Lipinski definition) is 4. The summed E-state index contributed by atoms with van der Waals surface area (Å²) in [6, 6.07) is 5.08. The molecule has 0 aliphatic carbocycles. The molecule has 0 amide bonds. The van der Waals surface area contributed by atoms with Gasteiger partial charge in [-0.25, -0.2) is 9.37 Å². The maximum absolute atomic E-state index is 13.9. The zero-order valence-corrected chi connectivity index (χ0v) is 14.6. The van der Waals surface area contributed by atoms with E-state index in [4.69, 9.17) is 0 Å². The number of hydrogen-bond donors (Lipinski definition) is 0. The normalized spacial score (nSPS) is 11.7. The highest BCUT2D eigenvalue weighted by Gasteiger charge is 2.16. The summed E-state index contributed by atoms with van der Waals surface area (Å²) in [5.74, 6) is 2.50. The third-order valence-corrected chi connectivity index (χ3v) is 4.86. The maximum Gasteiger partial charge on any atom is 0.191 e. The molecule has 1 aromatic carbocycles. The molecule has 122 valence electrons. The second kappa shape index (κ2) is 6.31. The molecule has 0 radical (unpaired) electrons. The van der Waals surface area contributed by atoms with Crippen molar-refractivity contribution in [1.82, 2.24) is 24.3 Å². The van der Waals surface area contributed by atoms with Crippen molar-refractivity contribution >= 4 is 22.8 Å². The van der Waals surface area contributed by atoms with Gasteiger partial charge in [0.15, 0.2) is 11.0 Å². The summed E-state index contributed by atoms with van der Waals surface area (Å²) in [7, 11) is 1.97. The van der Waals surface area contributed by atoms with Crippen molar-refractivity contribution in [2.75, 3.05) is 0 Å². The number of fused-ring (bicyclic) bond motifs is 1. The summed E-state index contributed by atoms with van der Waals surface area (Å²) in [6.07, 6.45) is 0. The van der Waals surface area contributed by atoms with Crippen LogP contribution >= 0.6 is 11.8 Å². The van der Waals surface area contributed by atoms with Crippen LogP contribution < -0.4 is 0 Å². The lowest BCUT2D eigenvalue weighted by Crippen LogP contribution is -2.03. The number of benzene rings is 1. The third kappa shape index (κ3) is 2.85. The van der Waals surface area contributed by atoms with E-state index >= 15 is 0 Å². The van der Waals surface area contributed by atoms with Crippen molar-refractivity contribution in [2.24, 2.45) is 7.05 Å². The quantitative estimate of drug-likeness (QED) is 0.667. The Kier molecular flexibility index (Phi) is 4.39. The topological polar surface area (TPSA) is 48.5 Å². The van der Waals surface area contributed by atoms with Gasteiger partial charge in [0.1, 0.15) is 17.2 Å². The van der Waals surface area contributed by atoms with Gasteiger partial charge >= 0.3 is 0 Å². The smallest absolute Gasteiger partial charge is 0.191 e. The average molecular weight is 333 g/mol. The Morgan fingerprint density at radius 1 is 1.26 bits per heavy atom. The molecule has 0 aliphatic heterocycles. The number of para-hydroxylation sites is 1. The van der Waals surface area contributed by atoms with Gasteiger partial charge in [0.05, 0.1) is 11.3 Å².